The van der Waals surface area contributed by atoms with Crippen LogP contribution < -0.4 is 15.2 Å². The van der Waals surface area contributed by atoms with Crippen molar-refractivity contribution in [1.82, 2.24) is 20.0 Å². The number of rotatable bonds is 6. The molecule has 7 nitrogen and oxygen atoms in total. The topological polar surface area (TPSA) is 73.1 Å². The normalized spacial score (nSPS) is 19.7. The summed E-state index contributed by atoms with van der Waals surface area (Å²) in [6, 6.07) is 1.71. The van der Waals surface area contributed by atoms with Crippen LogP contribution in [0.3, 0.4) is 0 Å². The van der Waals surface area contributed by atoms with Crippen molar-refractivity contribution in [2.24, 2.45) is 18.9 Å². The second-order valence-electron chi connectivity index (χ2n) is 6.15. The summed E-state index contributed by atoms with van der Waals surface area (Å²) in [5.41, 5.74) is 0.398. The summed E-state index contributed by atoms with van der Waals surface area (Å²) >= 11 is 1.53. The number of aryl methyl sites for hydroxylation is 2. The highest BCUT2D eigenvalue weighted by molar-refractivity contribution is 7.11. The minimum absolute atomic E-state index is 0.152. The Balaban J connectivity index is 1.76. The standard InChI is InChI=1S/C15H21N5O2S/c1-9-5-11(9)8-22-13-6-12(15(21)20(4)18-13)19(3)7-14-17-16-10(2)23-14/h6,9,11H,5,7-8H2,1-4H3. The molecule has 2 unspecified atom stereocenters. The van der Waals surface area contributed by atoms with Gasteiger partial charge in [0.15, 0.2) is 0 Å². The maximum atomic E-state index is 12.3. The lowest BCUT2D eigenvalue weighted by Crippen LogP contribution is -2.29. The van der Waals surface area contributed by atoms with Crippen LogP contribution in [-0.2, 0) is 13.6 Å². The molecule has 2 heterocycles. The summed E-state index contributed by atoms with van der Waals surface area (Å²) in [6.07, 6.45) is 1.20. The van der Waals surface area contributed by atoms with Crippen LogP contribution in [0.1, 0.15) is 23.4 Å². The lowest BCUT2D eigenvalue weighted by Gasteiger charge is -2.18. The molecule has 1 aliphatic carbocycles. The molecule has 0 radical (unpaired) electrons. The zero-order valence-corrected chi connectivity index (χ0v) is 14.6. The van der Waals surface area contributed by atoms with Crippen molar-refractivity contribution in [3.63, 3.8) is 0 Å². The van der Waals surface area contributed by atoms with Crippen LogP contribution in [0.15, 0.2) is 10.9 Å². The van der Waals surface area contributed by atoms with Crippen LogP contribution in [0.5, 0.6) is 5.88 Å². The first-order valence-corrected chi connectivity index (χ1v) is 8.47. The van der Waals surface area contributed by atoms with Gasteiger partial charge in [0.05, 0.1) is 13.2 Å². The molecule has 0 aliphatic heterocycles. The summed E-state index contributed by atoms with van der Waals surface area (Å²) in [5, 5.41) is 14.1. The van der Waals surface area contributed by atoms with Crippen molar-refractivity contribution >= 4 is 17.0 Å². The van der Waals surface area contributed by atoms with Crippen molar-refractivity contribution in [3.05, 3.63) is 26.4 Å². The Bertz CT molecular complexity index is 757. The third-order valence-corrected chi connectivity index (χ3v) is 4.92. The summed E-state index contributed by atoms with van der Waals surface area (Å²) in [6.45, 7) is 5.32. The predicted molar refractivity (Wildman–Crippen MR) is 89.0 cm³/mol. The van der Waals surface area contributed by atoms with E-state index in [4.69, 9.17) is 4.74 Å². The fourth-order valence-electron chi connectivity index (χ4n) is 2.42. The van der Waals surface area contributed by atoms with Crippen LogP contribution in [0, 0.1) is 18.8 Å². The van der Waals surface area contributed by atoms with Crippen LogP contribution in [0.2, 0.25) is 0 Å². The third-order valence-electron chi connectivity index (χ3n) is 4.09. The highest BCUT2D eigenvalue weighted by Crippen LogP contribution is 2.37. The first-order chi connectivity index (χ1) is 10.9. The lowest BCUT2D eigenvalue weighted by molar-refractivity contribution is 0.275. The monoisotopic (exact) mass is 335 g/mol. The molecule has 1 fully saturated rings. The maximum Gasteiger partial charge on any atom is 0.290 e. The molecule has 124 valence electrons. The Labute approximate surface area is 138 Å². The van der Waals surface area contributed by atoms with Gasteiger partial charge in [-0.25, -0.2) is 4.68 Å². The molecule has 0 aromatic carbocycles. The molecule has 1 aliphatic rings. The van der Waals surface area contributed by atoms with Gasteiger partial charge in [0.2, 0.25) is 5.88 Å². The number of ether oxygens (including phenoxy) is 1. The number of aromatic nitrogens is 4. The average molecular weight is 335 g/mol. The molecule has 2 atom stereocenters. The lowest BCUT2D eigenvalue weighted by atomic mass is 10.3. The van der Waals surface area contributed by atoms with Gasteiger partial charge in [-0.3, -0.25) is 4.79 Å². The van der Waals surface area contributed by atoms with Crippen LogP contribution in [0.4, 0.5) is 5.69 Å². The van der Waals surface area contributed by atoms with Gasteiger partial charge in [0.25, 0.3) is 5.56 Å². The quantitative estimate of drug-likeness (QED) is 0.798. The molecule has 0 amide bonds. The Morgan fingerprint density at radius 3 is 2.83 bits per heavy atom. The number of hydrogen-bond acceptors (Lipinski definition) is 7. The summed E-state index contributed by atoms with van der Waals surface area (Å²) < 4.78 is 7.08. The molecule has 8 heteroatoms. The van der Waals surface area contributed by atoms with Gasteiger partial charge in [-0.05, 0) is 25.2 Å². The van der Waals surface area contributed by atoms with Crippen molar-refractivity contribution in [2.75, 3.05) is 18.6 Å². The van der Waals surface area contributed by atoms with Gasteiger partial charge in [0.1, 0.15) is 15.7 Å². The third kappa shape index (κ3) is 3.69. The molecule has 2 aromatic heterocycles. The summed E-state index contributed by atoms with van der Waals surface area (Å²) in [5.74, 6) is 1.83. The zero-order chi connectivity index (χ0) is 16.6. The van der Waals surface area contributed by atoms with Crippen LogP contribution in [0.25, 0.3) is 0 Å². The Kier molecular flexibility index (Phi) is 4.34. The van der Waals surface area contributed by atoms with Crippen molar-refractivity contribution in [3.8, 4) is 5.88 Å². The van der Waals surface area contributed by atoms with E-state index in [0.717, 1.165) is 15.9 Å². The Hall–Kier alpha value is -1.96. The number of nitrogens with zero attached hydrogens (tertiary/aromatic N) is 5. The van der Waals surface area contributed by atoms with Gasteiger partial charge in [-0.2, -0.15) is 0 Å². The first-order valence-electron chi connectivity index (χ1n) is 7.65. The minimum atomic E-state index is -0.152. The minimum Gasteiger partial charge on any atom is -0.476 e. The summed E-state index contributed by atoms with van der Waals surface area (Å²) in [7, 11) is 3.50. The highest BCUT2D eigenvalue weighted by Gasteiger charge is 2.33. The smallest absolute Gasteiger partial charge is 0.290 e. The average Bonchev–Trinajstić information content (AvgIpc) is 3.06. The molecular weight excluding hydrogens is 314 g/mol. The van der Waals surface area contributed by atoms with Crippen molar-refractivity contribution in [1.29, 1.82) is 0 Å². The molecule has 0 spiro atoms. The van der Waals surface area contributed by atoms with E-state index in [9.17, 15) is 4.79 Å². The molecule has 23 heavy (non-hydrogen) atoms. The van der Waals surface area contributed by atoms with Crippen molar-refractivity contribution in [2.45, 2.75) is 26.8 Å². The van der Waals surface area contributed by atoms with E-state index in [-0.39, 0.29) is 5.56 Å². The molecule has 2 aromatic rings. The molecule has 0 saturated heterocycles. The second kappa shape index (κ2) is 6.27. The van der Waals surface area contributed by atoms with Crippen LogP contribution >= 0.6 is 11.3 Å². The molecule has 3 rings (SSSR count). The largest absolute Gasteiger partial charge is 0.476 e. The van der Waals surface area contributed by atoms with E-state index < -0.39 is 0 Å². The van der Waals surface area contributed by atoms with Gasteiger partial charge >= 0.3 is 0 Å². The van der Waals surface area contributed by atoms with Gasteiger partial charge in [-0.1, -0.05) is 18.3 Å². The van der Waals surface area contributed by atoms with Gasteiger partial charge in [0, 0.05) is 20.2 Å². The van der Waals surface area contributed by atoms with E-state index in [1.54, 1.807) is 13.1 Å². The van der Waals surface area contributed by atoms with Gasteiger partial charge in [-0.15, -0.1) is 15.3 Å². The van der Waals surface area contributed by atoms with E-state index in [1.165, 1.54) is 22.4 Å². The van der Waals surface area contributed by atoms with E-state index in [1.807, 2.05) is 18.9 Å². The number of hydrogen-bond donors (Lipinski definition) is 0. The van der Waals surface area contributed by atoms with E-state index in [2.05, 4.69) is 22.2 Å². The van der Waals surface area contributed by atoms with Gasteiger partial charge < -0.3 is 9.64 Å². The Morgan fingerprint density at radius 1 is 1.48 bits per heavy atom. The molecule has 0 N–H and O–H groups in total. The predicted octanol–water partition coefficient (Wildman–Crippen LogP) is 1.61. The fourth-order valence-corrected chi connectivity index (χ4v) is 3.19. The molecule has 1 saturated carbocycles. The second-order valence-corrected chi connectivity index (χ2v) is 7.42. The van der Waals surface area contributed by atoms with Crippen molar-refractivity contribution < 1.29 is 4.74 Å². The van der Waals surface area contributed by atoms with Crippen LogP contribution in [-0.4, -0.2) is 33.6 Å². The zero-order valence-electron chi connectivity index (χ0n) is 13.8. The highest BCUT2D eigenvalue weighted by atomic mass is 32.1. The molecular formula is C15H21N5O2S. The Morgan fingerprint density at radius 2 is 2.22 bits per heavy atom. The maximum absolute atomic E-state index is 12.3. The molecule has 0 bridgehead atoms. The van der Waals surface area contributed by atoms with E-state index >= 15 is 0 Å². The fraction of sp³-hybridized carbons (Fsp3) is 0.600. The summed E-state index contributed by atoms with van der Waals surface area (Å²) in [4.78, 5) is 14.2. The number of anilines is 1. The van der Waals surface area contributed by atoms with E-state index in [0.29, 0.717) is 30.6 Å². The SMILES string of the molecule is Cc1nnc(CN(C)c2cc(OCC3CC3C)nn(C)c2=O)s1. The first kappa shape index (κ1) is 15.9.